The van der Waals surface area contributed by atoms with Crippen molar-refractivity contribution >= 4 is 15.8 Å². The maximum Gasteiger partial charge on any atom is 0.335 e. The lowest BCUT2D eigenvalue weighted by Crippen LogP contribution is -2.06. The molecule has 2 aromatic carbocycles. The van der Waals surface area contributed by atoms with E-state index < -0.39 is 33.2 Å². The zero-order valence-corrected chi connectivity index (χ0v) is 11.4. The molecule has 0 aromatic heterocycles. The van der Waals surface area contributed by atoms with Crippen LogP contribution in [-0.4, -0.2) is 19.5 Å². The van der Waals surface area contributed by atoms with Crippen LogP contribution in [0.4, 0.5) is 8.78 Å². The third kappa shape index (κ3) is 3.43. The predicted molar refractivity (Wildman–Crippen MR) is 70.6 cm³/mol. The van der Waals surface area contributed by atoms with Crippen LogP contribution in [0.1, 0.15) is 15.9 Å². The zero-order chi connectivity index (χ0) is 15.6. The standard InChI is InChI=1S/C14H10F2O4S/c15-12-6-1-9(7-13(12)16)8-21(19,20)11-4-2-10(3-5-11)14(17)18/h1-7H,8H2,(H,17,18). The fourth-order valence-electron chi connectivity index (χ4n) is 1.74. The van der Waals surface area contributed by atoms with Crippen LogP contribution >= 0.6 is 0 Å². The van der Waals surface area contributed by atoms with Crippen molar-refractivity contribution < 1.29 is 27.1 Å². The molecule has 0 heterocycles. The molecule has 0 aliphatic heterocycles. The lowest BCUT2D eigenvalue weighted by molar-refractivity contribution is 0.0696. The number of carbonyl (C=O) groups is 1. The number of sulfone groups is 1. The van der Waals surface area contributed by atoms with E-state index in [4.69, 9.17) is 5.11 Å². The molecule has 0 fully saturated rings. The normalized spacial score (nSPS) is 11.3. The summed E-state index contributed by atoms with van der Waals surface area (Å²) in [5, 5.41) is 8.74. The molecule has 0 bridgehead atoms. The largest absolute Gasteiger partial charge is 0.478 e. The van der Waals surface area contributed by atoms with Crippen LogP contribution in [0.5, 0.6) is 0 Å². The second-order valence-electron chi connectivity index (χ2n) is 4.34. The molecular weight excluding hydrogens is 302 g/mol. The highest BCUT2D eigenvalue weighted by Gasteiger charge is 2.17. The van der Waals surface area contributed by atoms with Crippen LogP contribution in [0.15, 0.2) is 47.4 Å². The summed E-state index contributed by atoms with van der Waals surface area (Å²) in [7, 11) is -3.77. The zero-order valence-electron chi connectivity index (χ0n) is 10.6. The first-order valence-electron chi connectivity index (χ1n) is 5.79. The maximum absolute atomic E-state index is 13.1. The van der Waals surface area contributed by atoms with Crippen LogP contribution in [-0.2, 0) is 15.6 Å². The molecule has 21 heavy (non-hydrogen) atoms. The van der Waals surface area contributed by atoms with Crippen LogP contribution in [0.3, 0.4) is 0 Å². The molecule has 0 spiro atoms. The van der Waals surface area contributed by atoms with Crippen molar-refractivity contribution in [2.75, 3.05) is 0 Å². The molecule has 2 rings (SSSR count). The second-order valence-corrected chi connectivity index (χ2v) is 6.33. The molecular formula is C14H10F2O4S. The Bertz CT molecular complexity index is 783. The Morgan fingerprint density at radius 1 is 1.00 bits per heavy atom. The quantitative estimate of drug-likeness (QED) is 0.942. The average Bonchev–Trinajstić information content (AvgIpc) is 2.43. The fraction of sp³-hybridized carbons (Fsp3) is 0.0714. The summed E-state index contributed by atoms with van der Waals surface area (Å²) >= 11 is 0. The van der Waals surface area contributed by atoms with Gasteiger partial charge in [-0.1, -0.05) is 6.07 Å². The molecule has 0 radical (unpaired) electrons. The van der Waals surface area contributed by atoms with E-state index in [0.29, 0.717) is 0 Å². The smallest absolute Gasteiger partial charge is 0.335 e. The van der Waals surface area contributed by atoms with Crippen molar-refractivity contribution in [1.82, 2.24) is 0 Å². The number of rotatable bonds is 4. The van der Waals surface area contributed by atoms with Crippen molar-refractivity contribution in [3.05, 3.63) is 65.2 Å². The number of carboxylic acids is 1. The van der Waals surface area contributed by atoms with Gasteiger partial charge in [-0.15, -0.1) is 0 Å². The van der Waals surface area contributed by atoms with Crippen molar-refractivity contribution in [3.8, 4) is 0 Å². The molecule has 0 aliphatic rings. The van der Waals surface area contributed by atoms with Gasteiger partial charge in [-0.05, 0) is 42.0 Å². The second kappa shape index (κ2) is 5.61. The van der Waals surface area contributed by atoms with Gasteiger partial charge in [-0.2, -0.15) is 0 Å². The minimum Gasteiger partial charge on any atom is -0.478 e. The summed E-state index contributed by atoms with van der Waals surface area (Å²) in [6.07, 6.45) is 0. The molecule has 7 heteroatoms. The minimum atomic E-state index is -3.77. The highest BCUT2D eigenvalue weighted by molar-refractivity contribution is 7.90. The van der Waals surface area contributed by atoms with Gasteiger partial charge in [0.05, 0.1) is 16.2 Å². The lowest BCUT2D eigenvalue weighted by atomic mass is 10.2. The molecule has 0 saturated heterocycles. The number of hydrogen-bond acceptors (Lipinski definition) is 3. The summed E-state index contributed by atoms with van der Waals surface area (Å²) in [6.45, 7) is 0. The van der Waals surface area contributed by atoms with Gasteiger partial charge in [0.2, 0.25) is 0 Å². The first-order chi connectivity index (χ1) is 9.79. The average molecular weight is 312 g/mol. The summed E-state index contributed by atoms with van der Waals surface area (Å²) in [6, 6.07) is 7.52. The van der Waals surface area contributed by atoms with Gasteiger partial charge >= 0.3 is 5.97 Å². The minimum absolute atomic E-state index is 0.0400. The molecule has 110 valence electrons. The van der Waals surface area contributed by atoms with Crippen LogP contribution in [0.2, 0.25) is 0 Å². The summed E-state index contributed by atoms with van der Waals surface area (Å²) in [4.78, 5) is 10.6. The Morgan fingerprint density at radius 3 is 2.14 bits per heavy atom. The lowest BCUT2D eigenvalue weighted by Gasteiger charge is -2.05. The van der Waals surface area contributed by atoms with Crippen molar-refractivity contribution in [2.45, 2.75) is 10.6 Å². The Hall–Kier alpha value is -2.28. The Labute approximate surface area is 119 Å². The third-order valence-electron chi connectivity index (χ3n) is 2.80. The molecule has 0 saturated carbocycles. The molecule has 1 N–H and O–H groups in total. The Balaban J connectivity index is 2.29. The van der Waals surface area contributed by atoms with E-state index in [1.807, 2.05) is 0 Å². The van der Waals surface area contributed by atoms with E-state index in [9.17, 15) is 22.0 Å². The highest BCUT2D eigenvalue weighted by atomic mass is 32.2. The van der Waals surface area contributed by atoms with Crippen LogP contribution < -0.4 is 0 Å². The maximum atomic E-state index is 13.1. The van der Waals surface area contributed by atoms with Crippen LogP contribution in [0, 0.1) is 11.6 Å². The monoisotopic (exact) mass is 312 g/mol. The van der Waals surface area contributed by atoms with E-state index >= 15 is 0 Å². The van der Waals surface area contributed by atoms with Crippen LogP contribution in [0.25, 0.3) is 0 Å². The number of aromatic carboxylic acids is 1. The van der Waals surface area contributed by atoms with Gasteiger partial charge < -0.3 is 5.11 Å². The van der Waals surface area contributed by atoms with Crippen molar-refractivity contribution in [2.24, 2.45) is 0 Å². The summed E-state index contributed by atoms with van der Waals surface area (Å²) in [5.74, 6) is -3.85. The summed E-state index contributed by atoms with van der Waals surface area (Å²) < 4.78 is 50.1. The van der Waals surface area contributed by atoms with E-state index in [2.05, 4.69) is 0 Å². The fourth-order valence-corrected chi connectivity index (χ4v) is 3.07. The van der Waals surface area contributed by atoms with E-state index in [1.54, 1.807) is 0 Å². The SMILES string of the molecule is O=C(O)c1ccc(S(=O)(=O)Cc2ccc(F)c(F)c2)cc1. The number of hydrogen-bond donors (Lipinski definition) is 1. The van der Waals surface area contributed by atoms with E-state index in [0.717, 1.165) is 12.1 Å². The van der Waals surface area contributed by atoms with Gasteiger partial charge in [-0.25, -0.2) is 22.0 Å². The Morgan fingerprint density at radius 2 is 1.62 bits per heavy atom. The van der Waals surface area contributed by atoms with Gasteiger partial charge in [0.25, 0.3) is 0 Å². The molecule has 2 aromatic rings. The van der Waals surface area contributed by atoms with Crippen molar-refractivity contribution in [3.63, 3.8) is 0 Å². The molecule has 0 aliphatic carbocycles. The van der Waals surface area contributed by atoms with Gasteiger partial charge in [0, 0.05) is 0 Å². The first-order valence-corrected chi connectivity index (χ1v) is 7.45. The van der Waals surface area contributed by atoms with Gasteiger partial charge in [-0.3, -0.25) is 0 Å². The highest BCUT2D eigenvalue weighted by Crippen LogP contribution is 2.18. The molecule has 0 unspecified atom stereocenters. The van der Waals surface area contributed by atoms with Gasteiger partial charge in [0.1, 0.15) is 0 Å². The predicted octanol–water partition coefficient (Wildman–Crippen LogP) is 2.64. The number of carboxylic acid groups (broad SMARTS) is 1. The van der Waals surface area contributed by atoms with E-state index in [-0.39, 0.29) is 16.0 Å². The third-order valence-corrected chi connectivity index (χ3v) is 4.50. The van der Waals surface area contributed by atoms with Gasteiger partial charge in [0.15, 0.2) is 21.5 Å². The molecule has 0 atom stereocenters. The first kappa shape index (κ1) is 15.1. The summed E-state index contributed by atoms with van der Waals surface area (Å²) in [5.41, 5.74) is 0.0676. The topological polar surface area (TPSA) is 71.4 Å². The Kier molecular flexibility index (Phi) is 4.04. The van der Waals surface area contributed by atoms with Crippen molar-refractivity contribution in [1.29, 1.82) is 0 Å². The molecule has 4 nitrogen and oxygen atoms in total. The number of benzene rings is 2. The number of halogens is 2. The molecule has 0 amide bonds. The van der Waals surface area contributed by atoms with E-state index in [1.165, 1.54) is 30.3 Å².